The van der Waals surface area contributed by atoms with Crippen LogP contribution in [-0.4, -0.2) is 35.1 Å². The van der Waals surface area contributed by atoms with Crippen LogP contribution in [0.1, 0.15) is 51.5 Å². The first-order valence-electron chi connectivity index (χ1n) is 10.7. The Morgan fingerprint density at radius 2 is 1.94 bits per heavy atom. The monoisotopic (exact) mass is 483 g/mol. The second-order valence-corrected chi connectivity index (χ2v) is 8.72. The predicted octanol–water partition coefficient (Wildman–Crippen LogP) is 5.55. The van der Waals surface area contributed by atoms with Crippen LogP contribution in [0.15, 0.2) is 60.8 Å². The molecule has 1 atom stereocenters. The Balaban J connectivity index is 1.55. The van der Waals surface area contributed by atoms with E-state index in [0.717, 1.165) is 24.1 Å². The van der Waals surface area contributed by atoms with Crippen molar-refractivity contribution in [1.29, 1.82) is 0 Å². The summed E-state index contributed by atoms with van der Waals surface area (Å²) in [5.41, 5.74) is 2.53. The number of halogens is 2. The second-order valence-electron chi connectivity index (χ2n) is 7.88. The molecule has 170 valence electrons. The van der Waals surface area contributed by atoms with Gasteiger partial charge in [0.1, 0.15) is 5.82 Å². The van der Waals surface area contributed by atoms with E-state index in [2.05, 4.69) is 10.3 Å². The molecule has 33 heavy (non-hydrogen) atoms. The highest BCUT2D eigenvalue weighted by Crippen LogP contribution is 2.38. The molecule has 0 spiro atoms. The summed E-state index contributed by atoms with van der Waals surface area (Å²) in [5.74, 6) is -0.0929. The minimum atomic E-state index is -0.375. The van der Waals surface area contributed by atoms with E-state index in [0.29, 0.717) is 40.0 Å². The van der Waals surface area contributed by atoms with Crippen molar-refractivity contribution in [3.05, 3.63) is 87.5 Å². The maximum Gasteiger partial charge on any atom is 0.259 e. The van der Waals surface area contributed by atoms with Crippen molar-refractivity contribution in [3.8, 4) is 0 Å². The van der Waals surface area contributed by atoms with E-state index in [9.17, 15) is 14.7 Å². The Labute approximate surface area is 202 Å². The van der Waals surface area contributed by atoms with E-state index in [1.165, 1.54) is 6.20 Å². The summed E-state index contributed by atoms with van der Waals surface area (Å²) in [5, 5.41) is 13.1. The van der Waals surface area contributed by atoms with Crippen molar-refractivity contribution in [2.24, 2.45) is 0 Å². The zero-order valence-electron chi connectivity index (χ0n) is 17.8. The van der Waals surface area contributed by atoms with Gasteiger partial charge in [-0.2, -0.15) is 0 Å². The van der Waals surface area contributed by atoms with Crippen LogP contribution in [0.5, 0.6) is 0 Å². The number of rotatable bonds is 5. The molecule has 0 fully saturated rings. The summed E-state index contributed by atoms with van der Waals surface area (Å²) in [7, 11) is 0. The van der Waals surface area contributed by atoms with Gasteiger partial charge in [0, 0.05) is 30.1 Å². The van der Waals surface area contributed by atoms with Gasteiger partial charge in [0.25, 0.3) is 11.8 Å². The second kappa shape index (κ2) is 10.3. The lowest BCUT2D eigenvalue weighted by molar-refractivity contribution is 0.0985. The molecular weight excluding hydrogens is 461 g/mol. The third kappa shape index (κ3) is 5.19. The highest BCUT2D eigenvalue weighted by atomic mass is 35.5. The number of aliphatic hydroxyl groups is 1. The number of carbonyl (C=O) groups excluding carboxylic acids is 2. The quantitative estimate of drug-likeness (QED) is 0.498. The zero-order valence-corrected chi connectivity index (χ0v) is 19.3. The number of anilines is 2. The molecule has 3 aromatic rings. The third-order valence-corrected chi connectivity index (χ3v) is 6.31. The molecule has 2 heterocycles. The van der Waals surface area contributed by atoms with Crippen molar-refractivity contribution >= 4 is 46.5 Å². The van der Waals surface area contributed by atoms with Crippen LogP contribution in [0.2, 0.25) is 10.0 Å². The number of nitrogens with zero attached hydrogens (tertiary/aromatic N) is 2. The first-order valence-corrected chi connectivity index (χ1v) is 11.5. The number of hydrogen-bond donors (Lipinski definition) is 2. The van der Waals surface area contributed by atoms with Crippen LogP contribution in [-0.2, 0) is 0 Å². The molecule has 1 aromatic heterocycles. The lowest BCUT2D eigenvalue weighted by atomic mass is 9.91. The van der Waals surface area contributed by atoms with E-state index in [1.54, 1.807) is 47.4 Å². The molecule has 8 heteroatoms. The number of pyridine rings is 1. The smallest absolute Gasteiger partial charge is 0.259 e. The first kappa shape index (κ1) is 23.2. The molecule has 0 aliphatic carbocycles. The fourth-order valence-electron chi connectivity index (χ4n) is 4.12. The van der Waals surface area contributed by atoms with Crippen LogP contribution in [0.4, 0.5) is 11.5 Å². The Bertz CT molecular complexity index is 1170. The van der Waals surface area contributed by atoms with Gasteiger partial charge in [-0.05, 0) is 73.2 Å². The van der Waals surface area contributed by atoms with Crippen molar-refractivity contribution in [3.63, 3.8) is 0 Å². The summed E-state index contributed by atoms with van der Waals surface area (Å²) in [6.07, 6.45) is 3.75. The van der Waals surface area contributed by atoms with Gasteiger partial charge < -0.3 is 15.3 Å². The predicted molar refractivity (Wildman–Crippen MR) is 130 cm³/mol. The number of nitrogens with one attached hydrogen (secondary N) is 1. The van der Waals surface area contributed by atoms with Crippen molar-refractivity contribution < 1.29 is 14.7 Å². The number of hydrogen-bond acceptors (Lipinski definition) is 4. The molecule has 1 aliphatic heterocycles. The highest BCUT2D eigenvalue weighted by Gasteiger charge is 2.27. The average Bonchev–Trinajstić information content (AvgIpc) is 2.99. The standard InChI is InChI=1S/C25H23Cl2N3O3/c26-18-8-9-22-20(14-18)16(11-13-31)4-3-12-30(22)25(33)17-7-10-23(28-15-17)29-24(32)19-5-1-2-6-21(19)27/h1-2,5-10,14-16,31H,3-4,11-13H2,(H,28,29,32). The summed E-state index contributed by atoms with van der Waals surface area (Å²) >= 11 is 12.3. The molecule has 0 saturated heterocycles. The fourth-order valence-corrected chi connectivity index (χ4v) is 4.52. The normalized spacial score (nSPS) is 15.5. The maximum atomic E-state index is 13.4. The Morgan fingerprint density at radius 3 is 2.67 bits per heavy atom. The van der Waals surface area contributed by atoms with Gasteiger partial charge in [0.15, 0.2) is 0 Å². The Hall–Kier alpha value is -2.93. The third-order valence-electron chi connectivity index (χ3n) is 5.75. The van der Waals surface area contributed by atoms with Gasteiger partial charge in [0.2, 0.25) is 0 Å². The van der Waals surface area contributed by atoms with E-state index < -0.39 is 0 Å². The van der Waals surface area contributed by atoms with Gasteiger partial charge in [0.05, 0.1) is 16.1 Å². The summed E-state index contributed by atoms with van der Waals surface area (Å²) < 4.78 is 0. The Morgan fingerprint density at radius 1 is 1.12 bits per heavy atom. The summed E-state index contributed by atoms with van der Waals surface area (Å²) in [4.78, 5) is 31.8. The number of amides is 2. The number of fused-ring (bicyclic) bond motifs is 1. The van der Waals surface area contributed by atoms with Crippen molar-refractivity contribution in [1.82, 2.24) is 4.98 Å². The SMILES string of the molecule is O=C(Nc1ccc(C(=O)N2CCCC(CCO)c3cc(Cl)ccc32)cn1)c1ccccc1Cl. The molecule has 1 unspecified atom stereocenters. The van der Waals surface area contributed by atoms with Crippen LogP contribution >= 0.6 is 23.2 Å². The topological polar surface area (TPSA) is 82.5 Å². The first-order chi connectivity index (χ1) is 16.0. The summed E-state index contributed by atoms with van der Waals surface area (Å²) in [6.45, 7) is 0.635. The Kier molecular flexibility index (Phi) is 7.28. The molecule has 2 amide bonds. The molecule has 0 saturated carbocycles. The summed E-state index contributed by atoms with van der Waals surface area (Å²) in [6, 6.07) is 15.5. The van der Waals surface area contributed by atoms with E-state index in [-0.39, 0.29) is 24.3 Å². The highest BCUT2D eigenvalue weighted by molar-refractivity contribution is 6.34. The van der Waals surface area contributed by atoms with Gasteiger partial charge >= 0.3 is 0 Å². The molecule has 2 aromatic carbocycles. The van der Waals surface area contributed by atoms with Crippen LogP contribution in [0, 0.1) is 0 Å². The fraction of sp³-hybridized carbons (Fsp3) is 0.240. The maximum absolute atomic E-state index is 13.4. The lowest BCUT2D eigenvalue weighted by Gasteiger charge is -2.24. The number of benzene rings is 2. The largest absolute Gasteiger partial charge is 0.396 e. The number of aliphatic hydroxyl groups excluding tert-OH is 1. The van der Waals surface area contributed by atoms with Crippen LogP contribution in [0.25, 0.3) is 0 Å². The number of carbonyl (C=O) groups is 2. The molecule has 4 rings (SSSR count). The molecule has 0 radical (unpaired) electrons. The van der Waals surface area contributed by atoms with Crippen molar-refractivity contribution in [2.75, 3.05) is 23.4 Å². The van der Waals surface area contributed by atoms with E-state index in [4.69, 9.17) is 23.2 Å². The molecule has 1 aliphatic rings. The molecule has 6 nitrogen and oxygen atoms in total. The minimum Gasteiger partial charge on any atom is -0.396 e. The van der Waals surface area contributed by atoms with Crippen LogP contribution in [0.3, 0.4) is 0 Å². The zero-order chi connectivity index (χ0) is 23.4. The van der Waals surface area contributed by atoms with E-state index >= 15 is 0 Å². The molecule has 0 bridgehead atoms. The van der Waals surface area contributed by atoms with Gasteiger partial charge in [-0.25, -0.2) is 4.98 Å². The number of aromatic nitrogens is 1. The average molecular weight is 484 g/mol. The lowest BCUT2D eigenvalue weighted by Crippen LogP contribution is -2.31. The van der Waals surface area contributed by atoms with Crippen LogP contribution < -0.4 is 10.2 Å². The van der Waals surface area contributed by atoms with E-state index in [1.807, 2.05) is 12.1 Å². The molecule has 2 N–H and O–H groups in total. The van der Waals surface area contributed by atoms with Gasteiger partial charge in [-0.3, -0.25) is 9.59 Å². The molecular formula is C25H23Cl2N3O3. The van der Waals surface area contributed by atoms with Crippen molar-refractivity contribution in [2.45, 2.75) is 25.2 Å². The minimum absolute atomic E-state index is 0.0792. The van der Waals surface area contributed by atoms with Gasteiger partial charge in [-0.1, -0.05) is 35.3 Å². The van der Waals surface area contributed by atoms with Gasteiger partial charge in [-0.15, -0.1) is 0 Å².